The third kappa shape index (κ3) is 3.70. The third-order valence-electron chi connectivity index (χ3n) is 12.5. The number of hydrogen-bond acceptors (Lipinski definition) is 3. The lowest BCUT2D eigenvalue weighted by Gasteiger charge is -2.69. The maximum Gasteiger partial charge on any atom is 0.0849 e. The van der Waals surface area contributed by atoms with E-state index < -0.39 is 11.7 Å². The molecular formula is C30H52O3. The first-order valence-electron chi connectivity index (χ1n) is 13.8. The molecule has 0 aromatic heterocycles. The Morgan fingerprint density at radius 1 is 0.909 bits per heavy atom. The highest BCUT2D eigenvalue weighted by atomic mass is 16.3. The number of allylic oxidation sites excluding steroid dienone is 1. The van der Waals surface area contributed by atoms with Gasteiger partial charge in [0, 0.05) is 0 Å². The van der Waals surface area contributed by atoms with Crippen LogP contribution in [-0.4, -0.2) is 33.1 Å². The first-order chi connectivity index (χ1) is 15.1. The van der Waals surface area contributed by atoms with Crippen molar-refractivity contribution in [2.75, 3.05) is 0 Å². The molecule has 3 heteroatoms. The van der Waals surface area contributed by atoms with Gasteiger partial charge in [-0.05, 0) is 123 Å². The highest BCUT2D eigenvalue weighted by Gasteiger charge is 2.68. The summed E-state index contributed by atoms with van der Waals surface area (Å²) >= 11 is 0. The quantitative estimate of drug-likeness (QED) is 0.410. The molecule has 4 fully saturated rings. The van der Waals surface area contributed by atoms with Crippen LogP contribution in [0.5, 0.6) is 0 Å². The Balaban J connectivity index is 1.55. The fourth-order valence-corrected chi connectivity index (χ4v) is 10.1. The predicted molar refractivity (Wildman–Crippen MR) is 136 cm³/mol. The Kier molecular flexibility index (Phi) is 6.28. The number of rotatable bonds is 5. The van der Waals surface area contributed by atoms with Crippen LogP contribution in [0.4, 0.5) is 0 Å². The molecule has 0 saturated heterocycles. The molecule has 0 bridgehead atoms. The molecule has 0 aromatic carbocycles. The Morgan fingerprint density at radius 2 is 1.55 bits per heavy atom. The van der Waals surface area contributed by atoms with Crippen LogP contribution in [0, 0.1) is 45.3 Å². The van der Waals surface area contributed by atoms with Gasteiger partial charge in [0.1, 0.15) is 0 Å². The summed E-state index contributed by atoms with van der Waals surface area (Å²) in [6.07, 6.45) is 10.3. The summed E-state index contributed by atoms with van der Waals surface area (Å²) in [5.41, 5.74) is 1.28. The van der Waals surface area contributed by atoms with Gasteiger partial charge in [0.05, 0.1) is 17.8 Å². The lowest BCUT2D eigenvalue weighted by molar-refractivity contribution is -0.220. The highest BCUT2D eigenvalue weighted by Crippen LogP contribution is 2.75. The van der Waals surface area contributed by atoms with Crippen LogP contribution in [0.3, 0.4) is 0 Å². The lowest BCUT2D eigenvalue weighted by atomic mass is 9.35. The molecule has 4 unspecified atom stereocenters. The SMILES string of the molecule is C=C(CCC(O)C(C)(C)O)[C@H]1CC[C@@]2(C)C1CC[C@@H]1[C@@]3(C)CCC(O)C(C)(C)C3CC[C@]12C. The standard InChI is InChI=1S/C30H52O3/c1-19(9-12-25(32)27(4,5)33)20-13-17-29(7)21(20)10-11-23-28(6)16-15-24(31)26(2,3)22(28)14-18-30(23,29)8/h20-25,31-33H,1,9-18H2,2-8H3/t20-,21?,22?,23-,24?,25?,28+,29+,30-/m1/s1. The van der Waals surface area contributed by atoms with E-state index in [0.29, 0.717) is 40.4 Å². The molecular weight excluding hydrogens is 408 g/mol. The van der Waals surface area contributed by atoms with Gasteiger partial charge < -0.3 is 15.3 Å². The van der Waals surface area contributed by atoms with E-state index in [2.05, 4.69) is 41.2 Å². The fourth-order valence-electron chi connectivity index (χ4n) is 10.1. The molecule has 33 heavy (non-hydrogen) atoms. The number of aliphatic hydroxyl groups excluding tert-OH is 2. The van der Waals surface area contributed by atoms with Crippen molar-refractivity contribution in [1.82, 2.24) is 0 Å². The van der Waals surface area contributed by atoms with Crippen LogP contribution in [0.25, 0.3) is 0 Å². The largest absolute Gasteiger partial charge is 0.393 e. The Labute approximate surface area is 203 Å². The first kappa shape index (κ1) is 25.7. The van der Waals surface area contributed by atoms with Crippen LogP contribution < -0.4 is 0 Å². The molecule has 0 aromatic rings. The van der Waals surface area contributed by atoms with Gasteiger partial charge >= 0.3 is 0 Å². The average Bonchev–Trinajstić information content (AvgIpc) is 3.07. The van der Waals surface area contributed by atoms with Crippen molar-refractivity contribution in [3.05, 3.63) is 12.2 Å². The highest BCUT2D eigenvalue weighted by molar-refractivity contribution is 5.20. The van der Waals surface area contributed by atoms with E-state index in [1.165, 1.54) is 50.5 Å². The first-order valence-corrected chi connectivity index (χ1v) is 13.8. The lowest BCUT2D eigenvalue weighted by Crippen LogP contribution is -2.63. The van der Waals surface area contributed by atoms with Gasteiger partial charge in [-0.1, -0.05) is 46.8 Å². The Bertz CT molecular complexity index is 765. The van der Waals surface area contributed by atoms with E-state index in [-0.39, 0.29) is 11.5 Å². The Morgan fingerprint density at radius 3 is 2.18 bits per heavy atom. The predicted octanol–water partition coefficient (Wildman–Crippen LogP) is 6.50. The van der Waals surface area contributed by atoms with Gasteiger partial charge in [-0.2, -0.15) is 0 Å². The second-order valence-corrected chi connectivity index (χ2v) is 14.6. The van der Waals surface area contributed by atoms with Gasteiger partial charge in [-0.3, -0.25) is 0 Å². The smallest absolute Gasteiger partial charge is 0.0849 e. The minimum Gasteiger partial charge on any atom is -0.393 e. The van der Waals surface area contributed by atoms with Crippen LogP contribution in [0.15, 0.2) is 12.2 Å². The number of aliphatic hydroxyl groups is 3. The van der Waals surface area contributed by atoms with E-state index >= 15 is 0 Å². The Hall–Kier alpha value is -0.380. The van der Waals surface area contributed by atoms with Crippen molar-refractivity contribution in [3.63, 3.8) is 0 Å². The molecule has 0 heterocycles. The molecule has 4 saturated carbocycles. The molecule has 0 amide bonds. The molecule has 3 nitrogen and oxygen atoms in total. The van der Waals surface area contributed by atoms with E-state index in [9.17, 15) is 15.3 Å². The van der Waals surface area contributed by atoms with Gasteiger partial charge in [-0.15, -0.1) is 0 Å². The van der Waals surface area contributed by atoms with Crippen molar-refractivity contribution in [1.29, 1.82) is 0 Å². The van der Waals surface area contributed by atoms with Gasteiger partial charge in [0.25, 0.3) is 0 Å². The van der Waals surface area contributed by atoms with Crippen molar-refractivity contribution in [2.24, 2.45) is 45.3 Å². The third-order valence-corrected chi connectivity index (χ3v) is 12.5. The van der Waals surface area contributed by atoms with Crippen LogP contribution in [0.1, 0.15) is 113 Å². The number of hydrogen-bond donors (Lipinski definition) is 3. The van der Waals surface area contributed by atoms with Crippen molar-refractivity contribution in [2.45, 2.75) is 130 Å². The van der Waals surface area contributed by atoms with Gasteiger partial charge in [0.15, 0.2) is 0 Å². The van der Waals surface area contributed by atoms with Crippen LogP contribution >= 0.6 is 0 Å². The molecule has 4 aliphatic carbocycles. The zero-order valence-electron chi connectivity index (χ0n) is 22.6. The minimum atomic E-state index is -1.05. The molecule has 4 rings (SSSR count). The summed E-state index contributed by atoms with van der Waals surface area (Å²) in [5.74, 6) is 2.59. The maximum atomic E-state index is 10.8. The second kappa shape index (κ2) is 8.07. The molecule has 0 spiro atoms. The summed E-state index contributed by atoms with van der Waals surface area (Å²) in [6.45, 7) is 20.4. The molecule has 9 atom stereocenters. The fraction of sp³-hybridized carbons (Fsp3) is 0.933. The minimum absolute atomic E-state index is 0.0138. The number of fused-ring (bicyclic) bond motifs is 5. The zero-order valence-corrected chi connectivity index (χ0v) is 22.6. The summed E-state index contributed by atoms with van der Waals surface area (Å²) in [4.78, 5) is 0. The van der Waals surface area contributed by atoms with Crippen molar-refractivity contribution < 1.29 is 15.3 Å². The topological polar surface area (TPSA) is 60.7 Å². The molecule has 3 N–H and O–H groups in total. The maximum absolute atomic E-state index is 10.8. The van der Waals surface area contributed by atoms with Gasteiger partial charge in [-0.25, -0.2) is 0 Å². The monoisotopic (exact) mass is 460 g/mol. The van der Waals surface area contributed by atoms with E-state index in [1.54, 1.807) is 13.8 Å². The average molecular weight is 461 g/mol. The summed E-state index contributed by atoms with van der Waals surface area (Å²) < 4.78 is 0. The van der Waals surface area contributed by atoms with E-state index in [1.807, 2.05) is 0 Å². The summed E-state index contributed by atoms with van der Waals surface area (Å²) in [7, 11) is 0. The van der Waals surface area contributed by atoms with Crippen molar-refractivity contribution in [3.8, 4) is 0 Å². The molecule has 190 valence electrons. The van der Waals surface area contributed by atoms with E-state index in [0.717, 1.165) is 18.8 Å². The molecule has 4 aliphatic rings. The summed E-state index contributed by atoms with van der Waals surface area (Å²) in [5, 5.41) is 31.3. The van der Waals surface area contributed by atoms with E-state index in [4.69, 9.17) is 0 Å². The molecule has 0 radical (unpaired) electrons. The van der Waals surface area contributed by atoms with Crippen LogP contribution in [-0.2, 0) is 0 Å². The zero-order chi connectivity index (χ0) is 24.6. The summed E-state index contributed by atoms with van der Waals surface area (Å²) in [6, 6.07) is 0. The molecule has 0 aliphatic heterocycles. The van der Waals surface area contributed by atoms with Gasteiger partial charge in [0.2, 0.25) is 0 Å². The second-order valence-electron chi connectivity index (χ2n) is 14.6. The van der Waals surface area contributed by atoms with Crippen molar-refractivity contribution >= 4 is 0 Å². The normalized spacial score (nSPS) is 47.9. The van der Waals surface area contributed by atoms with Crippen LogP contribution in [0.2, 0.25) is 0 Å².